The predicted octanol–water partition coefficient (Wildman–Crippen LogP) is 4.62. The molecule has 1 fully saturated rings. The Labute approximate surface area is 230 Å². The number of carbonyl (C=O) groups excluding carboxylic acids is 4. The molecule has 10 nitrogen and oxygen atoms in total. The average Bonchev–Trinajstić information content (AvgIpc) is 2.94. The summed E-state index contributed by atoms with van der Waals surface area (Å²) in [7, 11) is 4.13. The van der Waals surface area contributed by atoms with Crippen molar-refractivity contribution in [3.05, 3.63) is 82.9 Å². The number of nitrogens with one attached hydrogen (secondary N) is 1. The number of imide groups is 2. The molecular formula is C28H21F3N2O8. The number of nitrogens with zero attached hydrogens (tertiary/aromatic N) is 1. The van der Waals surface area contributed by atoms with Crippen molar-refractivity contribution >= 4 is 35.6 Å². The van der Waals surface area contributed by atoms with Gasteiger partial charge in [0.05, 0.1) is 38.1 Å². The molecular weight excluding hydrogens is 549 g/mol. The van der Waals surface area contributed by atoms with Gasteiger partial charge in [-0.1, -0.05) is 24.3 Å². The summed E-state index contributed by atoms with van der Waals surface area (Å²) in [6.07, 6.45) is -3.68. The Kier molecular flexibility index (Phi) is 7.99. The van der Waals surface area contributed by atoms with Crippen LogP contribution in [-0.4, -0.2) is 45.1 Å². The zero-order chi connectivity index (χ0) is 29.9. The smallest absolute Gasteiger partial charge is 0.416 e. The Hall–Kier alpha value is -5.33. The van der Waals surface area contributed by atoms with Crippen LogP contribution in [0.15, 0.2) is 66.2 Å². The zero-order valence-electron chi connectivity index (χ0n) is 21.7. The molecule has 4 amide bonds. The van der Waals surface area contributed by atoms with Crippen LogP contribution in [0.2, 0.25) is 0 Å². The summed E-state index contributed by atoms with van der Waals surface area (Å²) in [5.41, 5.74) is -1.97. The van der Waals surface area contributed by atoms with Crippen LogP contribution in [0.1, 0.15) is 21.5 Å². The van der Waals surface area contributed by atoms with Crippen molar-refractivity contribution in [2.75, 3.05) is 26.2 Å². The van der Waals surface area contributed by atoms with Crippen LogP contribution in [0.25, 0.3) is 6.08 Å². The molecule has 0 aliphatic carbocycles. The van der Waals surface area contributed by atoms with E-state index in [9.17, 15) is 32.3 Å². The van der Waals surface area contributed by atoms with E-state index in [-0.39, 0.29) is 34.1 Å². The second-order valence-electron chi connectivity index (χ2n) is 8.35. The van der Waals surface area contributed by atoms with Gasteiger partial charge in [-0.05, 0) is 42.5 Å². The third kappa shape index (κ3) is 5.83. The Bertz CT molecular complexity index is 1560. The molecule has 41 heavy (non-hydrogen) atoms. The van der Waals surface area contributed by atoms with Gasteiger partial charge in [-0.3, -0.25) is 14.9 Å². The first-order valence-electron chi connectivity index (χ1n) is 11.7. The van der Waals surface area contributed by atoms with Crippen molar-refractivity contribution in [3.8, 4) is 23.0 Å². The SMILES string of the molecule is COc1cc(C(=O)Oc2ccccc2/C=C2/C(=O)NC(=O)N(c3cccc(C(F)(F)F)c3)C2=O)cc(OC)c1OC. The van der Waals surface area contributed by atoms with E-state index in [0.717, 1.165) is 24.3 Å². The highest BCUT2D eigenvalue weighted by Gasteiger charge is 2.38. The number of amides is 4. The van der Waals surface area contributed by atoms with E-state index >= 15 is 0 Å². The molecule has 1 N–H and O–H groups in total. The van der Waals surface area contributed by atoms with E-state index in [4.69, 9.17) is 18.9 Å². The summed E-state index contributed by atoms with van der Waals surface area (Å²) in [6, 6.07) is 10.9. The molecule has 13 heteroatoms. The number of para-hydroxylation sites is 1. The first kappa shape index (κ1) is 28.7. The van der Waals surface area contributed by atoms with Crippen molar-refractivity contribution in [3.63, 3.8) is 0 Å². The van der Waals surface area contributed by atoms with Crippen LogP contribution < -0.4 is 29.2 Å². The van der Waals surface area contributed by atoms with Crippen LogP contribution in [0.5, 0.6) is 23.0 Å². The van der Waals surface area contributed by atoms with Gasteiger partial charge in [-0.2, -0.15) is 13.2 Å². The van der Waals surface area contributed by atoms with Crippen molar-refractivity contribution in [2.45, 2.75) is 6.18 Å². The number of benzene rings is 3. The first-order valence-corrected chi connectivity index (χ1v) is 11.7. The summed E-state index contributed by atoms with van der Waals surface area (Å²) < 4.78 is 60.9. The average molecular weight is 570 g/mol. The maximum Gasteiger partial charge on any atom is 0.416 e. The normalized spacial score (nSPS) is 14.5. The van der Waals surface area contributed by atoms with Crippen molar-refractivity contribution in [1.29, 1.82) is 0 Å². The van der Waals surface area contributed by atoms with Gasteiger partial charge < -0.3 is 18.9 Å². The zero-order valence-corrected chi connectivity index (χ0v) is 21.7. The topological polar surface area (TPSA) is 120 Å². The van der Waals surface area contributed by atoms with E-state index in [0.29, 0.717) is 11.0 Å². The Morgan fingerprint density at radius 1 is 0.854 bits per heavy atom. The number of ether oxygens (including phenoxy) is 4. The molecule has 1 heterocycles. The maximum atomic E-state index is 13.2. The molecule has 0 atom stereocenters. The molecule has 4 rings (SSSR count). The predicted molar refractivity (Wildman–Crippen MR) is 138 cm³/mol. The van der Waals surface area contributed by atoms with Crippen molar-refractivity contribution in [1.82, 2.24) is 5.32 Å². The molecule has 1 saturated heterocycles. The van der Waals surface area contributed by atoms with Gasteiger partial charge in [0.2, 0.25) is 5.75 Å². The fourth-order valence-corrected chi connectivity index (χ4v) is 3.92. The fraction of sp³-hybridized carbons (Fsp3) is 0.143. The molecule has 3 aromatic rings. The minimum Gasteiger partial charge on any atom is -0.493 e. The lowest BCUT2D eigenvalue weighted by atomic mass is 10.1. The van der Waals surface area contributed by atoms with E-state index in [1.807, 2.05) is 5.32 Å². The molecule has 3 aromatic carbocycles. The number of halogens is 3. The monoisotopic (exact) mass is 570 g/mol. The third-order valence-electron chi connectivity index (χ3n) is 5.86. The second-order valence-corrected chi connectivity index (χ2v) is 8.35. The highest BCUT2D eigenvalue weighted by atomic mass is 19.4. The molecule has 1 aliphatic heterocycles. The number of barbiturate groups is 1. The standard InChI is InChI=1S/C28H21F3N2O8/c1-38-21-12-16(13-22(39-2)23(21)40-3)26(36)41-20-10-5-4-7-15(20)11-19-24(34)32-27(37)33(25(19)35)18-9-6-8-17(14-18)28(29,30)31/h4-14H,1-3H3,(H,32,34,37)/b19-11-. The molecule has 0 saturated carbocycles. The summed E-state index contributed by atoms with van der Waals surface area (Å²) in [6.45, 7) is 0. The van der Waals surface area contributed by atoms with Crippen LogP contribution in [0.4, 0.5) is 23.7 Å². The largest absolute Gasteiger partial charge is 0.493 e. The molecule has 212 valence electrons. The number of esters is 1. The van der Waals surface area contributed by atoms with Gasteiger partial charge in [0.15, 0.2) is 11.5 Å². The Balaban J connectivity index is 1.69. The molecule has 0 bridgehead atoms. The summed E-state index contributed by atoms with van der Waals surface area (Å²) >= 11 is 0. The van der Waals surface area contributed by atoms with E-state index < -0.39 is 46.8 Å². The van der Waals surface area contributed by atoms with Gasteiger partial charge in [0, 0.05) is 5.56 Å². The highest BCUT2D eigenvalue weighted by molar-refractivity contribution is 6.39. The third-order valence-corrected chi connectivity index (χ3v) is 5.86. The summed E-state index contributed by atoms with van der Waals surface area (Å²) in [5.74, 6) is -2.55. The first-order chi connectivity index (χ1) is 19.5. The maximum absolute atomic E-state index is 13.2. The lowest BCUT2D eigenvalue weighted by Crippen LogP contribution is -2.54. The van der Waals surface area contributed by atoms with E-state index in [1.54, 1.807) is 0 Å². The highest BCUT2D eigenvalue weighted by Crippen LogP contribution is 2.39. The molecule has 0 radical (unpaired) electrons. The number of urea groups is 1. The number of hydrogen-bond acceptors (Lipinski definition) is 8. The summed E-state index contributed by atoms with van der Waals surface area (Å²) in [4.78, 5) is 51.7. The Morgan fingerprint density at radius 2 is 1.51 bits per heavy atom. The summed E-state index contributed by atoms with van der Waals surface area (Å²) in [5, 5.41) is 1.94. The number of anilines is 1. The van der Waals surface area contributed by atoms with Crippen LogP contribution in [0.3, 0.4) is 0 Å². The fourth-order valence-electron chi connectivity index (χ4n) is 3.92. The van der Waals surface area contributed by atoms with Gasteiger partial charge in [-0.15, -0.1) is 0 Å². The Morgan fingerprint density at radius 3 is 2.12 bits per heavy atom. The van der Waals surface area contributed by atoms with Crippen LogP contribution >= 0.6 is 0 Å². The lowest BCUT2D eigenvalue weighted by molar-refractivity contribution is -0.137. The second kappa shape index (κ2) is 11.4. The number of hydrogen-bond donors (Lipinski definition) is 1. The molecule has 1 aliphatic rings. The van der Waals surface area contributed by atoms with Crippen LogP contribution in [0, 0.1) is 0 Å². The molecule has 0 unspecified atom stereocenters. The number of methoxy groups -OCH3 is 3. The molecule has 0 aromatic heterocycles. The minimum absolute atomic E-state index is 0.0229. The van der Waals surface area contributed by atoms with Gasteiger partial charge in [0.1, 0.15) is 11.3 Å². The van der Waals surface area contributed by atoms with Crippen molar-refractivity contribution < 1.29 is 51.3 Å². The van der Waals surface area contributed by atoms with Gasteiger partial charge >= 0.3 is 18.2 Å². The molecule has 0 spiro atoms. The number of rotatable bonds is 7. The van der Waals surface area contributed by atoms with E-state index in [1.165, 1.54) is 57.7 Å². The van der Waals surface area contributed by atoms with Crippen molar-refractivity contribution in [2.24, 2.45) is 0 Å². The quantitative estimate of drug-likeness (QED) is 0.189. The van der Waals surface area contributed by atoms with Gasteiger partial charge in [-0.25, -0.2) is 14.5 Å². The van der Waals surface area contributed by atoms with Gasteiger partial charge in [0.25, 0.3) is 11.8 Å². The number of alkyl halides is 3. The van der Waals surface area contributed by atoms with Crippen LogP contribution in [-0.2, 0) is 15.8 Å². The minimum atomic E-state index is -4.74. The number of carbonyl (C=O) groups is 4. The lowest BCUT2D eigenvalue weighted by Gasteiger charge is -2.27. The van der Waals surface area contributed by atoms with E-state index in [2.05, 4.69) is 0 Å².